The van der Waals surface area contributed by atoms with Crippen molar-refractivity contribution in [2.45, 2.75) is 6.54 Å². The summed E-state index contributed by atoms with van der Waals surface area (Å²) in [5.74, 6) is 1.36. The number of hydrogen-bond donors (Lipinski definition) is 1. The average Bonchev–Trinajstić information content (AvgIpc) is 2.90. The smallest absolute Gasteiger partial charge is 0.243 e. The van der Waals surface area contributed by atoms with Gasteiger partial charge in [-0.15, -0.1) is 11.3 Å². The molecule has 0 saturated carbocycles. The van der Waals surface area contributed by atoms with E-state index in [1.54, 1.807) is 11.3 Å². The van der Waals surface area contributed by atoms with Crippen molar-refractivity contribution in [3.05, 3.63) is 47.6 Å². The fraction of sp³-hybridized carbons (Fsp3) is 0.0833. The Morgan fingerprint density at radius 2 is 2.12 bits per heavy atom. The van der Waals surface area contributed by atoms with E-state index in [1.165, 1.54) is 0 Å². The maximum absolute atomic E-state index is 5.74. The molecule has 2 N–H and O–H groups in total. The summed E-state index contributed by atoms with van der Waals surface area (Å²) in [6.07, 6.45) is 1.95. The van der Waals surface area contributed by atoms with E-state index in [2.05, 4.69) is 4.98 Å². The Labute approximate surface area is 102 Å². The van der Waals surface area contributed by atoms with Crippen LogP contribution in [0.4, 0.5) is 0 Å². The first-order chi connectivity index (χ1) is 8.38. The lowest BCUT2D eigenvalue weighted by Gasteiger charge is -2.03. The highest BCUT2D eigenvalue weighted by molar-refractivity contribution is 7.15. The van der Waals surface area contributed by atoms with Crippen LogP contribution < -0.4 is 10.5 Å². The van der Waals surface area contributed by atoms with Gasteiger partial charge < -0.3 is 10.5 Å². The number of thiazole rings is 1. The Morgan fingerprint density at radius 1 is 1.29 bits per heavy atom. The molecule has 0 aliphatic carbocycles. The molecule has 3 rings (SSSR count). The van der Waals surface area contributed by atoms with Gasteiger partial charge in [0.05, 0.1) is 0 Å². The second-order valence-corrected chi connectivity index (χ2v) is 4.41. The molecule has 0 atom stereocenters. The standard InChI is InChI=1S/C12H11N3OS/c13-8-10-11(14-12-15(10)6-7-17-12)16-9-4-2-1-3-5-9/h1-7H,8,13H2. The second kappa shape index (κ2) is 4.20. The molecular formula is C12H11N3OS. The highest BCUT2D eigenvalue weighted by atomic mass is 32.1. The predicted molar refractivity (Wildman–Crippen MR) is 67.5 cm³/mol. The molecule has 0 aliphatic heterocycles. The van der Waals surface area contributed by atoms with E-state index < -0.39 is 0 Å². The number of hydrogen-bond acceptors (Lipinski definition) is 4. The van der Waals surface area contributed by atoms with Crippen LogP contribution in [0.15, 0.2) is 41.9 Å². The molecule has 0 bridgehead atoms. The van der Waals surface area contributed by atoms with Gasteiger partial charge in [-0.2, -0.15) is 4.98 Å². The molecule has 4 nitrogen and oxygen atoms in total. The van der Waals surface area contributed by atoms with Gasteiger partial charge in [0.15, 0.2) is 4.96 Å². The van der Waals surface area contributed by atoms with Crippen molar-refractivity contribution in [2.75, 3.05) is 0 Å². The highest BCUT2D eigenvalue weighted by Gasteiger charge is 2.13. The van der Waals surface area contributed by atoms with E-state index in [0.717, 1.165) is 16.4 Å². The lowest BCUT2D eigenvalue weighted by Crippen LogP contribution is -2.01. The van der Waals surface area contributed by atoms with E-state index in [-0.39, 0.29) is 0 Å². The number of fused-ring (bicyclic) bond motifs is 1. The lowest BCUT2D eigenvalue weighted by molar-refractivity contribution is 0.459. The van der Waals surface area contributed by atoms with Crippen LogP contribution in [0.3, 0.4) is 0 Å². The molecule has 0 aliphatic rings. The highest BCUT2D eigenvalue weighted by Crippen LogP contribution is 2.27. The molecule has 0 radical (unpaired) electrons. The van der Waals surface area contributed by atoms with Gasteiger partial charge in [-0.1, -0.05) is 18.2 Å². The Morgan fingerprint density at radius 3 is 2.88 bits per heavy atom. The zero-order valence-electron chi connectivity index (χ0n) is 9.04. The van der Waals surface area contributed by atoms with Gasteiger partial charge in [0.25, 0.3) is 0 Å². The van der Waals surface area contributed by atoms with Crippen molar-refractivity contribution in [3.63, 3.8) is 0 Å². The van der Waals surface area contributed by atoms with Crippen LogP contribution in [0.25, 0.3) is 4.96 Å². The lowest BCUT2D eigenvalue weighted by atomic mass is 10.3. The maximum atomic E-state index is 5.74. The summed E-state index contributed by atoms with van der Waals surface area (Å²) in [6.45, 7) is 0.403. The van der Waals surface area contributed by atoms with Crippen LogP contribution in [0.2, 0.25) is 0 Å². The molecule has 0 spiro atoms. The van der Waals surface area contributed by atoms with E-state index >= 15 is 0 Å². The van der Waals surface area contributed by atoms with E-state index in [9.17, 15) is 0 Å². The first-order valence-corrected chi connectivity index (χ1v) is 6.14. The van der Waals surface area contributed by atoms with Gasteiger partial charge in [-0.05, 0) is 12.1 Å². The minimum atomic E-state index is 0.403. The number of nitrogens with two attached hydrogens (primary N) is 1. The van der Waals surface area contributed by atoms with Gasteiger partial charge in [-0.3, -0.25) is 4.40 Å². The largest absolute Gasteiger partial charge is 0.437 e. The molecule has 1 aromatic carbocycles. The summed E-state index contributed by atoms with van der Waals surface area (Å²) in [5.41, 5.74) is 6.63. The Bertz CT molecular complexity index is 630. The Hall–Kier alpha value is -1.85. The van der Waals surface area contributed by atoms with Crippen LogP contribution in [-0.4, -0.2) is 9.38 Å². The fourth-order valence-corrected chi connectivity index (χ4v) is 2.40. The van der Waals surface area contributed by atoms with Gasteiger partial charge >= 0.3 is 0 Å². The monoisotopic (exact) mass is 245 g/mol. The summed E-state index contributed by atoms with van der Waals surface area (Å²) in [7, 11) is 0. The zero-order valence-corrected chi connectivity index (χ0v) is 9.85. The number of nitrogens with zero attached hydrogens (tertiary/aromatic N) is 2. The number of para-hydroxylation sites is 1. The van der Waals surface area contributed by atoms with Crippen LogP contribution in [0.5, 0.6) is 11.6 Å². The third-order valence-electron chi connectivity index (χ3n) is 2.48. The number of aromatic nitrogens is 2. The van der Waals surface area contributed by atoms with Crippen LogP contribution >= 0.6 is 11.3 Å². The molecule has 0 fully saturated rings. The third kappa shape index (κ3) is 1.79. The van der Waals surface area contributed by atoms with Crippen molar-refractivity contribution in [1.29, 1.82) is 0 Å². The molecule has 0 saturated heterocycles. The molecule has 5 heteroatoms. The van der Waals surface area contributed by atoms with E-state index in [1.807, 2.05) is 46.3 Å². The summed E-state index contributed by atoms with van der Waals surface area (Å²) in [5, 5.41) is 1.98. The molecule has 0 amide bonds. The minimum Gasteiger partial charge on any atom is -0.437 e. The van der Waals surface area contributed by atoms with Gasteiger partial charge in [0, 0.05) is 18.1 Å². The normalized spacial score (nSPS) is 10.9. The third-order valence-corrected chi connectivity index (χ3v) is 3.23. The SMILES string of the molecule is NCc1c(Oc2ccccc2)nc2sccn12. The summed E-state index contributed by atoms with van der Waals surface area (Å²) >= 11 is 1.56. The number of ether oxygens (including phenoxy) is 1. The molecule has 86 valence electrons. The summed E-state index contributed by atoms with van der Waals surface area (Å²) in [4.78, 5) is 5.32. The van der Waals surface area contributed by atoms with Gasteiger partial charge in [0.1, 0.15) is 11.4 Å². The van der Waals surface area contributed by atoms with Crippen molar-refractivity contribution < 1.29 is 4.74 Å². The molecule has 2 heterocycles. The Balaban J connectivity index is 2.02. The van der Waals surface area contributed by atoms with E-state index in [0.29, 0.717) is 12.4 Å². The molecule has 2 aromatic heterocycles. The summed E-state index contributed by atoms with van der Waals surface area (Å²) < 4.78 is 7.70. The molecule has 0 unspecified atom stereocenters. The zero-order chi connectivity index (χ0) is 11.7. The van der Waals surface area contributed by atoms with Gasteiger partial charge in [0.2, 0.25) is 5.88 Å². The minimum absolute atomic E-state index is 0.403. The molecule has 3 aromatic rings. The topological polar surface area (TPSA) is 52.5 Å². The fourth-order valence-electron chi connectivity index (χ4n) is 1.68. The van der Waals surface area contributed by atoms with Crippen molar-refractivity contribution in [3.8, 4) is 11.6 Å². The van der Waals surface area contributed by atoms with Crippen LogP contribution in [-0.2, 0) is 6.54 Å². The summed E-state index contributed by atoms with van der Waals surface area (Å²) in [6, 6.07) is 9.59. The van der Waals surface area contributed by atoms with Crippen LogP contribution in [0.1, 0.15) is 5.69 Å². The Kier molecular flexibility index (Phi) is 2.55. The molecular weight excluding hydrogens is 234 g/mol. The van der Waals surface area contributed by atoms with Crippen molar-refractivity contribution in [2.24, 2.45) is 5.73 Å². The average molecular weight is 245 g/mol. The second-order valence-electron chi connectivity index (χ2n) is 3.54. The number of benzene rings is 1. The van der Waals surface area contributed by atoms with Gasteiger partial charge in [-0.25, -0.2) is 0 Å². The predicted octanol–water partition coefficient (Wildman–Crippen LogP) is 2.65. The first-order valence-electron chi connectivity index (χ1n) is 5.26. The number of rotatable bonds is 3. The maximum Gasteiger partial charge on any atom is 0.243 e. The molecule has 17 heavy (non-hydrogen) atoms. The first kappa shape index (κ1) is 10.3. The number of imidazole rings is 1. The van der Waals surface area contributed by atoms with Crippen molar-refractivity contribution in [1.82, 2.24) is 9.38 Å². The van der Waals surface area contributed by atoms with E-state index in [4.69, 9.17) is 10.5 Å². The van der Waals surface area contributed by atoms with Crippen LogP contribution in [0, 0.1) is 0 Å². The quantitative estimate of drug-likeness (QED) is 0.771. The van der Waals surface area contributed by atoms with Crippen molar-refractivity contribution >= 4 is 16.3 Å².